The first-order chi connectivity index (χ1) is 11.1. The normalized spacial score (nSPS) is 18.0. The van der Waals surface area contributed by atoms with Crippen LogP contribution in [-0.4, -0.2) is 33.5 Å². The third-order valence-corrected chi connectivity index (χ3v) is 5.02. The Morgan fingerprint density at radius 2 is 2.09 bits per heavy atom. The molecule has 1 aromatic heterocycles. The van der Waals surface area contributed by atoms with E-state index in [0.29, 0.717) is 12.1 Å². The maximum atomic E-state index is 12.9. The number of aromatic amines is 1. The van der Waals surface area contributed by atoms with Crippen LogP contribution in [0, 0.1) is 3.57 Å². The fourth-order valence-electron chi connectivity index (χ4n) is 2.92. The van der Waals surface area contributed by atoms with Crippen LogP contribution < -0.4 is 5.73 Å². The van der Waals surface area contributed by atoms with Crippen LogP contribution in [0.1, 0.15) is 51.8 Å². The summed E-state index contributed by atoms with van der Waals surface area (Å²) in [6.45, 7) is 0.694. The third kappa shape index (κ3) is 3.24. The Bertz CT molecular complexity index is 743. The second-order valence-electron chi connectivity index (χ2n) is 5.56. The number of piperidine rings is 1. The van der Waals surface area contributed by atoms with Gasteiger partial charge in [0.25, 0.3) is 11.8 Å². The van der Waals surface area contributed by atoms with Crippen molar-refractivity contribution in [3.05, 3.63) is 50.9 Å². The van der Waals surface area contributed by atoms with Gasteiger partial charge in [0.15, 0.2) is 0 Å². The van der Waals surface area contributed by atoms with Crippen LogP contribution in [0.4, 0.5) is 0 Å². The molecule has 2 aromatic rings. The summed E-state index contributed by atoms with van der Waals surface area (Å²) in [4.78, 5) is 26.0. The molecule has 1 aliphatic heterocycles. The van der Waals surface area contributed by atoms with Crippen molar-refractivity contribution < 1.29 is 9.59 Å². The number of carbonyl (C=O) groups is 2. The van der Waals surface area contributed by atoms with E-state index in [1.165, 1.54) is 0 Å². The van der Waals surface area contributed by atoms with Gasteiger partial charge in [-0.3, -0.25) is 14.7 Å². The average Bonchev–Trinajstić information content (AvgIpc) is 3.05. The van der Waals surface area contributed by atoms with Gasteiger partial charge in [0.05, 0.1) is 17.3 Å². The van der Waals surface area contributed by atoms with Crippen LogP contribution in [0.2, 0.25) is 0 Å². The Labute approximate surface area is 147 Å². The first-order valence-corrected chi connectivity index (χ1v) is 8.56. The smallest absolute Gasteiger partial charge is 0.269 e. The second kappa shape index (κ2) is 6.69. The first-order valence-electron chi connectivity index (χ1n) is 7.48. The zero-order valence-corrected chi connectivity index (χ0v) is 14.6. The molecule has 2 heterocycles. The number of likely N-dealkylation sites (tertiary alicyclic amines) is 1. The number of nitrogens with two attached hydrogens (primary N) is 1. The number of rotatable bonds is 3. The molecule has 0 spiro atoms. The van der Waals surface area contributed by atoms with Crippen molar-refractivity contribution in [3.63, 3.8) is 0 Å². The van der Waals surface area contributed by atoms with Crippen molar-refractivity contribution in [3.8, 4) is 0 Å². The molecule has 3 N–H and O–H groups in total. The Kier molecular flexibility index (Phi) is 4.65. The van der Waals surface area contributed by atoms with Crippen molar-refractivity contribution in [1.82, 2.24) is 15.1 Å². The Balaban J connectivity index is 1.90. The molecule has 0 aliphatic carbocycles. The predicted molar refractivity (Wildman–Crippen MR) is 93.9 cm³/mol. The standard InChI is InChI=1S/C16H17IN4O2/c17-11-6-2-1-5-10(11)16(23)21-8-4-3-7-14(21)12-9-13(15(18)22)20-19-12/h1-2,5-6,9,14H,3-4,7-8H2,(H2,18,22)(H,19,20). The van der Waals surface area contributed by atoms with Crippen LogP contribution >= 0.6 is 22.6 Å². The molecule has 0 bridgehead atoms. The molecule has 7 heteroatoms. The number of hydrogen-bond acceptors (Lipinski definition) is 3. The molecule has 120 valence electrons. The number of H-pyrrole nitrogens is 1. The van der Waals surface area contributed by atoms with E-state index in [1.54, 1.807) is 6.07 Å². The maximum absolute atomic E-state index is 12.9. The molecule has 1 atom stereocenters. The number of carbonyl (C=O) groups excluding carboxylic acids is 2. The van der Waals surface area contributed by atoms with Gasteiger partial charge in [-0.15, -0.1) is 0 Å². The van der Waals surface area contributed by atoms with Crippen molar-refractivity contribution in [2.24, 2.45) is 5.73 Å². The molecule has 3 rings (SSSR count). The number of hydrogen-bond donors (Lipinski definition) is 2. The third-order valence-electron chi connectivity index (χ3n) is 4.08. The highest BCUT2D eigenvalue weighted by Gasteiger charge is 2.31. The Morgan fingerprint density at radius 1 is 1.30 bits per heavy atom. The van der Waals surface area contributed by atoms with Gasteiger partial charge in [0, 0.05) is 10.1 Å². The monoisotopic (exact) mass is 424 g/mol. The van der Waals surface area contributed by atoms with Gasteiger partial charge in [-0.1, -0.05) is 12.1 Å². The lowest BCUT2D eigenvalue weighted by atomic mass is 9.98. The molecule has 1 aliphatic rings. The van der Waals surface area contributed by atoms with E-state index >= 15 is 0 Å². The molecular weight excluding hydrogens is 407 g/mol. The first kappa shape index (κ1) is 16.0. The molecular formula is C16H17IN4O2. The quantitative estimate of drug-likeness (QED) is 0.742. The predicted octanol–water partition coefficient (Wildman–Crippen LogP) is 2.48. The highest BCUT2D eigenvalue weighted by molar-refractivity contribution is 14.1. The molecule has 0 saturated carbocycles. The van der Waals surface area contributed by atoms with Gasteiger partial charge in [-0.2, -0.15) is 5.10 Å². The van der Waals surface area contributed by atoms with Gasteiger partial charge in [0.2, 0.25) is 0 Å². The van der Waals surface area contributed by atoms with Crippen LogP contribution in [0.15, 0.2) is 30.3 Å². The highest BCUT2D eigenvalue weighted by Crippen LogP contribution is 2.32. The van der Waals surface area contributed by atoms with Gasteiger partial charge in [-0.25, -0.2) is 0 Å². The van der Waals surface area contributed by atoms with Gasteiger partial charge >= 0.3 is 0 Å². The average molecular weight is 424 g/mol. The molecule has 1 fully saturated rings. The zero-order valence-electron chi connectivity index (χ0n) is 12.5. The van der Waals surface area contributed by atoms with E-state index in [2.05, 4.69) is 32.8 Å². The van der Waals surface area contributed by atoms with Crippen molar-refractivity contribution in [1.29, 1.82) is 0 Å². The van der Waals surface area contributed by atoms with E-state index in [0.717, 1.165) is 28.5 Å². The fourth-order valence-corrected chi connectivity index (χ4v) is 3.54. The van der Waals surface area contributed by atoms with Crippen LogP contribution in [0.25, 0.3) is 0 Å². The zero-order chi connectivity index (χ0) is 16.4. The van der Waals surface area contributed by atoms with Crippen LogP contribution in [0.3, 0.4) is 0 Å². The minimum atomic E-state index is -0.571. The summed E-state index contributed by atoms with van der Waals surface area (Å²) in [5.74, 6) is -0.561. The topological polar surface area (TPSA) is 92.1 Å². The number of aromatic nitrogens is 2. The molecule has 1 unspecified atom stereocenters. The van der Waals surface area contributed by atoms with Crippen molar-refractivity contribution in [2.75, 3.05) is 6.54 Å². The molecule has 0 radical (unpaired) electrons. The minimum absolute atomic E-state index is 0.00919. The van der Waals surface area contributed by atoms with Crippen molar-refractivity contribution in [2.45, 2.75) is 25.3 Å². The van der Waals surface area contributed by atoms with E-state index in [-0.39, 0.29) is 17.6 Å². The number of amides is 2. The summed E-state index contributed by atoms with van der Waals surface area (Å²) < 4.78 is 0.932. The summed E-state index contributed by atoms with van der Waals surface area (Å²) in [6.07, 6.45) is 2.85. The summed E-state index contributed by atoms with van der Waals surface area (Å²) >= 11 is 2.18. The van der Waals surface area contributed by atoms with Crippen molar-refractivity contribution >= 4 is 34.4 Å². The minimum Gasteiger partial charge on any atom is -0.364 e. The summed E-state index contributed by atoms with van der Waals surface area (Å²) in [5, 5.41) is 6.80. The lowest BCUT2D eigenvalue weighted by Crippen LogP contribution is -2.39. The lowest BCUT2D eigenvalue weighted by Gasteiger charge is -2.35. The van der Waals surface area contributed by atoms with Crippen LogP contribution in [0.5, 0.6) is 0 Å². The van der Waals surface area contributed by atoms with Gasteiger partial charge < -0.3 is 10.6 Å². The van der Waals surface area contributed by atoms with Gasteiger partial charge in [0.1, 0.15) is 5.69 Å². The van der Waals surface area contributed by atoms with E-state index < -0.39 is 5.91 Å². The Morgan fingerprint density at radius 3 is 2.78 bits per heavy atom. The van der Waals surface area contributed by atoms with E-state index in [1.807, 2.05) is 29.2 Å². The SMILES string of the molecule is NC(=O)c1cc(C2CCCCN2C(=O)c2ccccc2I)[nH]n1. The molecule has 6 nitrogen and oxygen atoms in total. The number of nitrogens with zero attached hydrogens (tertiary/aromatic N) is 2. The molecule has 1 aromatic carbocycles. The number of benzene rings is 1. The number of primary amides is 1. The largest absolute Gasteiger partial charge is 0.364 e. The summed E-state index contributed by atoms with van der Waals surface area (Å²) in [7, 11) is 0. The highest BCUT2D eigenvalue weighted by atomic mass is 127. The molecule has 2 amide bonds. The number of nitrogens with one attached hydrogen (secondary N) is 1. The number of halogens is 1. The van der Waals surface area contributed by atoms with Gasteiger partial charge in [-0.05, 0) is 60.1 Å². The summed E-state index contributed by atoms with van der Waals surface area (Å²) in [6, 6.07) is 9.10. The molecule has 1 saturated heterocycles. The van der Waals surface area contributed by atoms with E-state index in [4.69, 9.17) is 5.73 Å². The lowest BCUT2D eigenvalue weighted by molar-refractivity contribution is 0.0605. The Hall–Kier alpha value is -1.90. The second-order valence-corrected chi connectivity index (χ2v) is 6.72. The maximum Gasteiger partial charge on any atom is 0.269 e. The van der Waals surface area contributed by atoms with Crippen LogP contribution in [-0.2, 0) is 0 Å². The van der Waals surface area contributed by atoms with E-state index in [9.17, 15) is 9.59 Å². The molecule has 23 heavy (non-hydrogen) atoms. The summed E-state index contributed by atoms with van der Waals surface area (Å²) in [5.41, 5.74) is 6.93. The fraction of sp³-hybridized carbons (Fsp3) is 0.312.